The van der Waals surface area contributed by atoms with Gasteiger partial charge in [-0.05, 0) is 57.1 Å². The number of hydrogen-bond donors (Lipinski definition) is 0. The van der Waals surface area contributed by atoms with Gasteiger partial charge in [-0.15, -0.1) is 0 Å². The molecule has 25 heavy (non-hydrogen) atoms. The molecule has 3 aliphatic rings. The molecule has 2 aromatic heterocycles. The summed E-state index contributed by atoms with van der Waals surface area (Å²) in [7, 11) is 0. The Morgan fingerprint density at radius 1 is 1.04 bits per heavy atom. The molecule has 5 nitrogen and oxygen atoms in total. The van der Waals surface area contributed by atoms with Crippen LogP contribution in [0.15, 0.2) is 24.4 Å². The first-order valence-electron chi connectivity index (χ1n) is 9.59. The molecule has 0 aromatic carbocycles. The fraction of sp³-hybridized carbons (Fsp3) is 0.550. The molecule has 3 heterocycles. The standard InChI is InChI=1S/C20H24N4O/c1-2-11-21-16(7-1)19-22-15-8-3-6-14(15)20(23-19)24-12-5-13-25-18-10-4-9-17(18)24/h1-2,7,11,17-18H,3-6,8-10,12-13H2/t17-,18+/m0/s1. The third-order valence-corrected chi connectivity index (χ3v) is 5.77. The summed E-state index contributed by atoms with van der Waals surface area (Å²) in [4.78, 5) is 16.9. The normalized spacial score (nSPS) is 25.5. The largest absolute Gasteiger partial charge is 0.376 e. The minimum atomic E-state index is 0.368. The molecule has 1 aliphatic heterocycles. The van der Waals surface area contributed by atoms with Crippen molar-refractivity contribution in [2.75, 3.05) is 18.1 Å². The van der Waals surface area contributed by atoms with E-state index in [2.05, 4.69) is 9.88 Å². The molecule has 2 fully saturated rings. The minimum Gasteiger partial charge on any atom is -0.376 e. The van der Waals surface area contributed by atoms with Gasteiger partial charge in [0.25, 0.3) is 0 Å². The van der Waals surface area contributed by atoms with Gasteiger partial charge in [-0.2, -0.15) is 0 Å². The summed E-state index contributed by atoms with van der Waals surface area (Å²) < 4.78 is 6.12. The van der Waals surface area contributed by atoms with Crippen molar-refractivity contribution in [3.8, 4) is 11.5 Å². The van der Waals surface area contributed by atoms with Crippen LogP contribution in [0.4, 0.5) is 5.82 Å². The van der Waals surface area contributed by atoms with Gasteiger partial charge in [-0.1, -0.05) is 6.07 Å². The van der Waals surface area contributed by atoms with Crippen LogP contribution in [0.2, 0.25) is 0 Å². The Balaban J connectivity index is 1.61. The Morgan fingerprint density at radius 3 is 2.96 bits per heavy atom. The number of nitrogens with zero attached hydrogens (tertiary/aromatic N) is 4. The summed E-state index contributed by atoms with van der Waals surface area (Å²) in [6.45, 7) is 1.91. The Hall–Kier alpha value is -2.01. The molecule has 0 N–H and O–H groups in total. The maximum Gasteiger partial charge on any atom is 0.180 e. The molecule has 0 amide bonds. The van der Waals surface area contributed by atoms with Crippen molar-refractivity contribution in [3.63, 3.8) is 0 Å². The lowest BCUT2D eigenvalue weighted by Crippen LogP contribution is -2.41. The molecule has 2 aromatic rings. The average molecular weight is 336 g/mol. The van der Waals surface area contributed by atoms with E-state index in [1.807, 2.05) is 24.4 Å². The van der Waals surface area contributed by atoms with E-state index in [0.717, 1.165) is 49.8 Å². The Morgan fingerprint density at radius 2 is 2.04 bits per heavy atom. The van der Waals surface area contributed by atoms with Crippen LogP contribution < -0.4 is 4.90 Å². The maximum atomic E-state index is 6.12. The van der Waals surface area contributed by atoms with Gasteiger partial charge in [-0.3, -0.25) is 4.98 Å². The number of pyridine rings is 1. The van der Waals surface area contributed by atoms with Crippen LogP contribution in [0.25, 0.3) is 11.5 Å². The van der Waals surface area contributed by atoms with E-state index in [4.69, 9.17) is 14.7 Å². The summed E-state index contributed by atoms with van der Waals surface area (Å²) in [5.41, 5.74) is 3.46. The second-order valence-electron chi connectivity index (χ2n) is 7.32. The van der Waals surface area contributed by atoms with E-state index in [-0.39, 0.29) is 0 Å². The summed E-state index contributed by atoms with van der Waals surface area (Å²) in [5, 5.41) is 0. The lowest BCUT2D eigenvalue weighted by Gasteiger charge is -2.32. The first-order valence-corrected chi connectivity index (χ1v) is 9.59. The second-order valence-corrected chi connectivity index (χ2v) is 7.32. The number of ether oxygens (including phenoxy) is 1. The lowest BCUT2D eigenvalue weighted by atomic mass is 10.1. The molecular weight excluding hydrogens is 312 g/mol. The molecule has 5 heteroatoms. The molecular formula is C20H24N4O. The van der Waals surface area contributed by atoms with Crippen LogP contribution in [0.3, 0.4) is 0 Å². The zero-order chi connectivity index (χ0) is 16.6. The van der Waals surface area contributed by atoms with Gasteiger partial charge in [0.15, 0.2) is 5.82 Å². The third-order valence-electron chi connectivity index (χ3n) is 5.77. The summed E-state index contributed by atoms with van der Waals surface area (Å²) >= 11 is 0. The lowest BCUT2D eigenvalue weighted by molar-refractivity contribution is 0.0590. The van der Waals surface area contributed by atoms with E-state index in [9.17, 15) is 0 Å². The van der Waals surface area contributed by atoms with E-state index < -0.39 is 0 Å². The van der Waals surface area contributed by atoms with E-state index in [1.165, 1.54) is 36.9 Å². The van der Waals surface area contributed by atoms with Gasteiger partial charge in [0.1, 0.15) is 11.5 Å². The van der Waals surface area contributed by atoms with Crippen molar-refractivity contribution in [2.24, 2.45) is 0 Å². The fourth-order valence-electron chi connectivity index (χ4n) is 4.62. The number of rotatable bonds is 2. The van der Waals surface area contributed by atoms with Crippen molar-refractivity contribution in [2.45, 2.75) is 57.1 Å². The maximum absolute atomic E-state index is 6.12. The highest BCUT2D eigenvalue weighted by Gasteiger charge is 2.37. The summed E-state index contributed by atoms with van der Waals surface area (Å²) in [6.07, 6.45) is 10.2. The molecule has 0 radical (unpaired) electrons. The van der Waals surface area contributed by atoms with Crippen molar-refractivity contribution in [1.29, 1.82) is 0 Å². The van der Waals surface area contributed by atoms with Gasteiger partial charge in [0.05, 0.1) is 12.1 Å². The monoisotopic (exact) mass is 336 g/mol. The Bertz CT molecular complexity index is 764. The van der Waals surface area contributed by atoms with Crippen molar-refractivity contribution in [3.05, 3.63) is 35.7 Å². The van der Waals surface area contributed by atoms with Crippen LogP contribution in [-0.4, -0.2) is 40.2 Å². The fourth-order valence-corrected chi connectivity index (χ4v) is 4.62. The van der Waals surface area contributed by atoms with Crippen LogP contribution in [0.1, 0.15) is 43.4 Å². The van der Waals surface area contributed by atoms with Gasteiger partial charge in [0.2, 0.25) is 0 Å². The predicted octanol–water partition coefficient (Wildman–Crippen LogP) is 3.18. The van der Waals surface area contributed by atoms with Gasteiger partial charge in [-0.25, -0.2) is 9.97 Å². The van der Waals surface area contributed by atoms with Crippen molar-refractivity contribution < 1.29 is 4.74 Å². The van der Waals surface area contributed by atoms with Crippen molar-refractivity contribution in [1.82, 2.24) is 15.0 Å². The molecule has 5 rings (SSSR count). The first kappa shape index (κ1) is 15.3. The second kappa shape index (κ2) is 6.37. The number of aryl methyl sites for hydroxylation is 1. The Labute approximate surface area is 148 Å². The SMILES string of the molecule is c1ccc(-c2nc3c(c(N4CCCO[C@@H]5CCC[C@@H]54)n2)CCC3)nc1. The highest BCUT2D eigenvalue weighted by Crippen LogP contribution is 2.37. The minimum absolute atomic E-state index is 0.368. The van der Waals surface area contributed by atoms with E-state index in [0.29, 0.717) is 12.1 Å². The molecule has 0 spiro atoms. The van der Waals surface area contributed by atoms with Gasteiger partial charge < -0.3 is 9.64 Å². The molecule has 2 aliphatic carbocycles. The van der Waals surface area contributed by atoms with Gasteiger partial charge >= 0.3 is 0 Å². The topological polar surface area (TPSA) is 51.1 Å². The van der Waals surface area contributed by atoms with E-state index >= 15 is 0 Å². The molecule has 1 saturated heterocycles. The highest BCUT2D eigenvalue weighted by atomic mass is 16.5. The van der Waals surface area contributed by atoms with Crippen LogP contribution in [0.5, 0.6) is 0 Å². The number of aromatic nitrogens is 3. The van der Waals surface area contributed by atoms with Crippen LogP contribution >= 0.6 is 0 Å². The molecule has 0 unspecified atom stereocenters. The smallest absolute Gasteiger partial charge is 0.180 e. The molecule has 0 bridgehead atoms. The number of hydrogen-bond acceptors (Lipinski definition) is 5. The first-order chi connectivity index (χ1) is 12.4. The van der Waals surface area contributed by atoms with Crippen LogP contribution in [0, 0.1) is 0 Å². The molecule has 130 valence electrons. The third kappa shape index (κ3) is 2.71. The number of fused-ring (bicyclic) bond motifs is 2. The predicted molar refractivity (Wildman–Crippen MR) is 96.6 cm³/mol. The van der Waals surface area contributed by atoms with Crippen LogP contribution in [-0.2, 0) is 17.6 Å². The summed E-state index contributed by atoms with van der Waals surface area (Å²) in [5.74, 6) is 1.93. The molecule has 2 atom stereocenters. The number of anilines is 1. The van der Waals surface area contributed by atoms with E-state index in [1.54, 1.807) is 0 Å². The van der Waals surface area contributed by atoms with Gasteiger partial charge in [0, 0.05) is 30.6 Å². The average Bonchev–Trinajstić information content (AvgIpc) is 3.27. The summed E-state index contributed by atoms with van der Waals surface area (Å²) in [6, 6.07) is 6.42. The highest BCUT2D eigenvalue weighted by molar-refractivity contribution is 5.59. The zero-order valence-corrected chi connectivity index (χ0v) is 14.5. The van der Waals surface area contributed by atoms with Crippen molar-refractivity contribution >= 4 is 5.82 Å². The molecule has 1 saturated carbocycles. The quantitative estimate of drug-likeness (QED) is 0.843. The Kier molecular flexibility index (Phi) is 3.89. The zero-order valence-electron chi connectivity index (χ0n) is 14.5.